The second-order valence-electron chi connectivity index (χ2n) is 3.73. The van der Waals surface area contributed by atoms with Crippen molar-refractivity contribution in [2.75, 3.05) is 0 Å². The fraction of sp³-hybridized carbons (Fsp3) is 0.455. The van der Waals surface area contributed by atoms with Crippen LogP contribution in [0.1, 0.15) is 28.4 Å². The Morgan fingerprint density at radius 3 is 2.60 bits per heavy atom. The Morgan fingerprint density at radius 2 is 2.20 bits per heavy atom. The number of nitriles is 1. The number of carbonyl (C=O) groups excluding carboxylic acids is 1. The zero-order chi connectivity index (χ0) is 11.4. The van der Waals surface area contributed by atoms with Gasteiger partial charge in [-0.25, -0.2) is 0 Å². The van der Waals surface area contributed by atoms with E-state index in [-0.39, 0.29) is 11.8 Å². The first kappa shape index (κ1) is 11.7. The van der Waals surface area contributed by atoms with Crippen molar-refractivity contribution in [2.24, 2.45) is 5.92 Å². The van der Waals surface area contributed by atoms with E-state index in [9.17, 15) is 4.79 Å². The predicted molar refractivity (Wildman–Crippen MR) is 60.8 cm³/mol. The molecule has 1 amide bonds. The maximum Gasteiger partial charge on any atom is 0.262 e. The van der Waals surface area contributed by atoms with Gasteiger partial charge in [-0.3, -0.25) is 4.79 Å². The lowest BCUT2D eigenvalue weighted by Gasteiger charge is -2.13. The summed E-state index contributed by atoms with van der Waals surface area (Å²) in [5.41, 5.74) is 0. The Labute approximate surface area is 93.7 Å². The molecule has 4 heteroatoms. The van der Waals surface area contributed by atoms with Crippen LogP contribution in [-0.4, -0.2) is 11.9 Å². The highest BCUT2D eigenvalue weighted by molar-refractivity contribution is 7.13. The zero-order valence-corrected chi connectivity index (χ0v) is 9.89. The first-order chi connectivity index (χ1) is 7.04. The normalized spacial score (nSPS) is 12.2. The standard InChI is InChI=1S/C11H14N2OS/c1-7(2)9(6-12)13-11(14)10-5-4-8(3)15-10/h4-5,7,9H,1-3H3,(H,13,14). The van der Waals surface area contributed by atoms with Gasteiger partial charge >= 0.3 is 0 Å². The SMILES string of the molecule is Cc1ccc(C(=O)NC(C#N)C(C)C)s1. The van der Waals surface area contributed by atoms with Crippen molar-refractivity contribution in [3.63, 3.8) is 0 Å². The highest BCUT2D eigenvalue weighted by Gasteiger charge is 2.16. The third kappa shape index (κ3) is 3.07. The molecule has 0 bridgehead atoms. The quantitative estimate of drug-likeness (QED) is 0.853. The number of thiophene rings is 1. The molecule has 1 heterocycles. The van der Waals surface area contributed by atoms with Crippen LogP contribution in [0.2, 0.25) is 0 Å². The van der Waals surface area contributed by atoms with Gasteiger partial charge in [0.25, 0.3) is 5.91 Å². The molecule has 1 aromatic heterocycles. The summed E-state index contributed by atoms with van der Waals surface area (Å²) in [6, 6.07) is 5.35. The smallest absolute Gasteiger partial charge is 0.262 e. The third-order valence-electron chi connectivity index (χ3n) is 2.06. The highest BCUT2D eigenvalue weighted by Crippen LogP contribution is 2.15. The number of amides is 1. The first-order valence-corrected chi connectivity index (χ1v) is 5.63. The molecule has 15 heavy (non-hydrogen) atoms. The maximum absolute atomic E-state index is 11.7. The lowest BCUT2D eigenvalue weighted by Crippen LogP contribution is -2.36. The fourth-order valence-corrected chi connectivity index (χ4v) is 1.89. The fourth-order valence-electron chi connectivity index (χ4n) is 1.12. The molecule has 0 saturated carbocycles. The topological polar surface area (TPSA) is 52.9 Å². The molecule has 80 valence electrons. The molecule has 1 rings (SSSR count). The van der Waals surface area contributed by atoms with Gasteiger partial charge in [0, 0.05) is 4.88 Å². The number of aryl methyl sites for hydroxylation is 1. The number of hydrogen-bond acceptors (Lipinski definition) is 3. The summed E-state index contributed by atoms with van der Waals surface area (Å²) >= 11 is 1.44. The molecule has 0 fully saturated rings. The molecule has 1 aromatic rings. The van der Waals surface area contributed by atoms with Crippen LogP contribution in [0.25, 0.3) is 0 Å². The van der Waals surface area contributed by atoms with Gasteiger partial charge in [-0.05, 0) is 25.0 Å². The van der Waals surface area contributed by atoms with E-state index in [1.165, 1.54) is 11.3 Å². The van der Waals surface area contributed by atoms with Crippen LogP contribution in [0, 0.1) is 24.2 Å². The van der Waals surface area contributed by atoms with Gasteiger partial charge < -0.3 is 5.32 Å². The Kier molecular flexibility index (Phi) is 3.87. The van der Waals surface area contributed by atoms with E-state index >= 15 is 0 Å². The van der Waals surface area contributed by atoms with Crippen molar-refractivity contribution in [3.8, 4) is 6.07 Å². The van der Waals surface area contributed by atoms with Gasteiger partial charge in [-0.2, -0.15) is 5.26 Å². The summed E-state index contributed by atoms with van der Waals surface area (Å²) < 4.78 is 0. The van der Waals surface area contributed by atoms with Gasteiger partial charge in [-0.1, -0.05) is 13.8 Å². The molecule has 1 unspecified atom stereocenters. The summed E-state index contributed by atoms with van der Waals surface area (Å²) in [5.74, 6) is -0.0339. The van der Waals surface area contributed by atoms with Gasteiger partial charge in [0.05, 0.1) is 10.9 Å². The third-order valence-corrected chi connectivity index (χ3v) is 3.06. The Bertz CT molecular complexity index is 390. The lowest BCUT2D eigenvalue weighted by atomic mass is 10.1. The minimum absolute atomic E-state index is 0.125. The van der Waals surface area contributed by atoms with E-state index < -0.39 is 6.04 Å². The monoisotopic (exact) mass is 222 g/mol. The summed E-state index contributed by atoms with van der Waals surface area (Å²) in [6.45, 7) is 5.77. The van der Waals surface area contributed by atoms with E-state index in [2.05, 4.69) is 11.4 Å². The molecule has 1 N–H and O–H groups in total. The van der Waals surface area contributed by atoms with Gasteiger partial charge in [0.15, 0.2) is 0 Å². The molecule has 0 aliphatic carbocycles. The number of nitrogens with zero attached hydrogens (tertiary/aromatic N) is 1. The van der Waals surface area contributed by atoms with Crippen LogP contribution in [-0.2, 0) is 0 Å². The van der Waals surface area contributed by atoms with Crippen molar-refractivity contribution < 1.29 is 4.79 Å². The molecule has 0 aliphatic rings. The molecule has 0 aromatic carbocycles. The average molecular weight is 222 g/mol. The minimum atomic E-state index is -0.417. The van der Waals surface area contributed by atoms with E-state index in [0.717, 1.165) is 4.88 Å². The summed E-state index contributed by atoms with van der Waals surface area (Å²) in [6.07, 6.45) is 0. The Balaban J connectivity index is 2.68. The van der Waals surface area contributed by atoms with Crippen LogP contribution < -0.4 is 5.32 Å². The van der Waals surface area contributed by atoms with Gasteiger partial charge in [-0.15, -0.1) is 11.3 Å². The number of nitrogens with one attached hydrogen (secondary N) is 1. The van der Waals surface area contributed by atoms with E-state index in [4.69, 9.17) is 5.26 Å². The molecule has 0 aliphatic heterocycles. The lowest BCUT2D eigenvalue weighted by molar-refractivity contribution is 0.0941. The molecule has 1 atom stereocenters. The van der Waals surface area contributed by atoms with Crippen molar-refractivity contribution in [3.05, 3.63) is 21.9 Å². The number of hydrogen-bond donors (Lipinski definition) is 1. The molecule has 0 spiro atoms. The van der Waals surface area contributed by atoms with Crippen molar-refractivity contribution >= 4 is 17.2 Å². The average Bonchev–Trinajstić information content (AvgIpc) is 2.60. The van der Waals surface area contributed by atoms with Gasteiger partial charge in [0.2, 0.25) is 0 Å². The summed E-state index contributed by atoms with van der Waals surface area (Å²) in [7, 11) is 0. The van der Waals surface area contributed by atoms with Crippen LogP contribution in [0.3, 0.4) is 0 Å². The second kappa shape index (κ2) is 4.94. The van der Waals surface area contributed by atoms with Crippen LogP contribution in [0.4, 0.5) is 0 Å². The van der Waals surface area contributed by atoms with Crippen molar-refractivity contribution in [1.29, 1.82) is 5.26 Å². The summed E-state index contributed by atoms with van der Waals surface area (Å²) in [5, 5.41) is 11.5. The molecular formula is C11H14N2OS. The Morgan fingerprint density at radius 1 is 1.53 bits per heavy atom. The maximum atomic E-state index is 11.7. The number of carbonyl (C=O) groups is 1. The molecule has 3 nitrogen and oxygen atoms in total. The number of rotatable bonds is 3. The highest BCUT2D eigenvalue weighted by atomic mass is 32.1. The van der Waals surface area contributed by atoms with Gasteiger partial charge in [0.1, 0.15) is 6.04 Å². The predicted octanol–water partition coefficient (Wildman–Crippen LogP) is 2.33. The largest absolute Gasteiger partial charge is 0.335 e. The molecule has 0 saturated heterocycles. The van der Waals surface area contributed by atoms with Crippen LogP contribution >= 0.6 is 11.3 Å². The van der Waals surface area contributed by atoms with Crippen LogP contribution in [0.15, 0.2) is 12.1 Å². The Hall–Kier alpha value is -1.34. The molecule has 0 radical (unpaired) electrons. The second-order valence-corrected chi connectivity index (χ2v) is 5.02. The molecular weight excluding hydrogens is 208 g/mol. The first-order valence-electron chi connectivity index (χ1n) is 4.81. The van der Waals surface area contributed by atoms with E-state index in [1.54, 1.807) is 6.07 Å². The van der Waals surface area contributed by atoms with Crippen LogP contribution in [0.5, 0.6) is 0 Å². The van der Waals surface area contributed by atoms with Crippen molar-refractivity contribution in [2.45, 2.75) is 26.8 Å². The summed E-state index contributed by atoms with van der Waals surface area (Å²) in [4.78, 5) is 13.4. The minimum Gasteiger partial charge on any atom is -0.335 e. The van der Waals surface area contributed by atoms with E-state index in [1.807, 2.05) is 26.8 Å². The zero-order valence-electron chi connectivity index (χ0n) is 9.07. The van der Waals surface area contributed by atoms with Crippen molar-refractivity contribution in [1.82, 2.24) is 5.32 Å². The van der Waals surface area contributed by atoms with E-state index in [0.29, 0.717) is 4.88 Å².